The maximum atomic E-state index is 6.35. The third-order valence-corrected chi connectivity index (χ3v) is 5.60. The molecule has 1 heterocycles. The van der Waals surface area contributed by atoms with Crippen LogP contribution in [0.1, 0.15) is 50.2 Å². The average Bonchev–Trinajstić information content (AvgIpc) is 2.63. The average molecular weight is 322 g/mol. The molecule has 0 bridgehead atoms. The molecule has 128 valence electrons. The van der Waals surface area contributed by atoms with E-state index in [-0.39, 0.29) is 5.41 Å². The van der Waals surface area contributed by atoms with E-state index in [4.69, 9.17) is 5.73 Å². The summed E-state index contributed by atoms with van der Waals surface area (Å²) in [6, 6.07) is 19.4. The van der Waals surface area contributed by atoms with Gasteiger partial charge in [0.2, 0.25) is 0 Å². The number of rotatable bonds is 6. The first-order valence-corrected chi connectivity index (χ1v) is 9.35. The van der Waals surface area contributed by atoms with E-state index in [2.05, 4.69) is 66.4 Å². The summed E-state index contributed by atoms with van der Waals surface area (Å²) in [6.07, 6.45) is 6.23. The summed E-state index contributed by atoms with van der Waals surface area (Å²) in [5, 5.41) is 0. The second-order valence-electron chi connectivity index (χ2n) is 7.23. The molecular formula is C22H30N2. The highest BCUT2D eigenvalue weighted by Crippen LogP contribution is 2.42. The number of likely N-dealkylation sites (tertiary alicyclic amines) is 1. The Balaban J connectivity index is 1.72. The minimum atomic E-state index is 0.272. The molecule has 1 fully saturated rings. The first kappa shape index (κ1) is 17.0. The second kappa shape index (κ2) is 7.85. The first-order chi connectivity index (χ1) is 11.7. The highest BCUT2D eigenvalue weighted by molar-refractivity contribution is 5.51. The predicted octanol–water partition coefficient (Wildman–Crippen LogP) is 4.99. The van der Waals surface area contributed by atoms with Crippen molar-refractivity contribution in [2.24, 2.45) is 0 Å². The minimum Gasteiger partial charge on any atom is -0.398 e. The van der Waals surface area contributed by atoms with Gasteiger partial charge in [-0.25, -0.2) is 0 Å². The number of para-hydroxylation sites is 1. The lowest BCUT2D eigenvalue weighted by molar-refractivity contribution is 0.144. The molecule has 1 aliphatic rings. The Morgan fingerprint density at radius 1 is 0.958 bits per heavy atom. The Morgan fingerprint density at radius 2 is 1.62 bits per heavy atom. The molecule has 0 atom stereocenters. The van der Waals surface area contributed by atoms with Crippen LogP contribution in [0.5, 0.6) is 0 Å². The molecule has 1 saturated heterocycles. The number of benzene rings is 2. The molecule has 24 heavy (non-hydrogen) atoms. The molecular weight excluding hydrogens is 292 g/mol. The third-order valence-electron chi connectivity index (χ3n) is 5.60. The van der Waals surface area contributed by atoms with Crippen LogP contribution >= 0.6 is 0 Å². The number of hydrogen-bond acceptors (Lipinski definition) is 2. The van der Waals surface area contributed by atoms with Gasteiger partial charge in [0.25, 0.3) is 0 Å². The minimum absolute atomic E-state index is 0.272. The van der Waals surface area contributed by atoms with Crippen LogP contribution in [-0.4, -0.2) is 18.0 Å². The van der Waals surface area contributed by atoms with E-state index in [0.29, 0.717) is 0 Å². The fraction of sp³-hybridized carbons (Fsp3) is 0.455. The van der Waals surface area contributed by atoms with Crippen molar-refractivity contribution >= 4 is 5.69 Å². The van der Waals surface area contributed by atoms with Gasteiger partial charge < -0.3 is 5.73 Å². The number of piperidine rings is 1. The van der Waals surface area contributed by atoms with Crippen molar-refractivity contribution < 1.29 is 0 Å². The van der Waals surface area contributed by atoms with E-state index in [9.17, 15) is 0 Å². The maximum absolute atomic E-state index is 6.35. The Morgan fingerprint density at radius 3 is 2.29 bits per heavy atom. The van der Waals surface area contributed by atoms with Crippen LogP contribution < -0.4 is 5.73 Å². The number of nitrogens with two attached hydrogens (primary N) is 1. The van der Waals surface area contributed by atoms with Crippen molar-refractivity contribution in [2.45, 2.75) is 51.0 Å². The summed E-state index contributed by atoms with van der Waals surface area (Å²) < 4.78 is 0. The highest BCUT2D eigenvalue weighted by atomic mass is 15.1. The summed E-state index contributed by atoms with van der Waals surface area (Å²) in [5.74, 6) is 0. The molecule has 3 rings (SSSR count). The Bertz CT molecular complexity index is 627. The summed E-state index contributed by atoms with van der Waals surface area (Å²) in [5.41, 5.74) is 10.4. The van der Waals surface area contributed by atoms with Gasteiger partial charge in [0, 0.05) is 12.2 Å². The van der Waals surface area contributed by atoms with Gasteiger partial charge >= 0.3 is 0 Å². The standard InChI is InChI=1S/C22H30N2/c1-2-3-13-22(20-11-7-8-12-21(20)23)14-16-24(17-15-22)18-19-9-5-4-6-10-19/h4-12H,2-3,13-18,23H2,1H3. The van der Waals surface area contributed by atoms with E-state index < -0.39 is 0 Å². The monoisotopic (exact) mass is 322 g/mol. The lowest BCUT2D eigenvalue weighted by Gasteiger charge is -2.43. The number of unbranched alkanes of at least 4 members (excludes halogenated alkanes) is 1. The highest BCUT2D eigenvalue weighted by Gasteiger charge is 2.36. The van der Waals surface area contributed by atoms with Crippen molar-refractivity contribution in [3.8, 4) is 0 Å². The fourth-order valence-corrected chi connectivity index (χ4v) is 4.13. The Labute approximate surface area is 146 Å². The fourth-order valence-electron chi connectivity index (χ4n) is 4.13. The van der Waals surface area contributed by atoms with Gasteiger partial charge in [-0.3, -0.25) is 4.90 Å². The molecule has 2 N–H and O–H groups in total. The van der Waals surface area contributed by atoms with Gasteiger partial charge in [-0.2, -0.15) is 0 Å². The molecule has 0 unspecified atom stereocenters. The van der Waals surface area contributed by atoms with Gasteiger partial charge in [-0.1, -0.05) is 68.3 Å². The van der Waals surface area contributed by atoms with Crippen LogP contribution in [0.3, 0.4) is 0 Å². The van der Waals surface area contributed by atoms with Crippen molar-refractivity contribution in [3.63, 3.8) is 0 Å². The Kier molecular flexibility index (Phi) is 5.57. The SMILES string of the molecule is CCCCC1(c2ccccc2N)CCN(Cc2ccccc2)CC1. The van der Waals surface area contributed by atoms with Crippen molar-refractivity contribution in [1.82, 2.24) is 4.90 Å². The zero-order valence-corrected chi connectivity index (χ0v) is 14.9. The molecule has 0 saturated carbocycles. The van der Waals surface area contributed by atoms with Crippen LogP contribution in [0.25, 0.3) is 0 Å². The summed E-state index contributed by atoms with van der Waals surface area (Å²) in [6.45, 7) is 5.67. The van der Waals surface area contributed by atoms with Gasteiger partial charge in [-0.05, 0) is 55.0 Å². The molecule has 0 aliphatic carbocycles. The number of nitrogen functional groups attached to an aromatic ring is 1. The maximum Gasteiger partial charge on any atom is 0.0352 e. The second-order valence-corrected chi connectivity index (χ2v) is 7.23. The van der Waals surface area contributed by atoms with E-state index in [1.54, 1.807) is 0 Å². The molecule has 2 heteroatoms. The van der Waals surface area contributed by atoms with E-state index in [1.807, 2.05) is 0 Å². The molecule has 0 aromatic heterocycles. The van der Waals surface area contributed by atoms with Gasteiger partial charge in [0.1, 0.15) is 0 Å². The van der Waals surface area contributed by atoms with Crippen LogP contribution in [0.4, 0.5) is 5.69 Å². The molecule has 2 nitrogen and oxygen atoms in total. The molecule has 0 spiro atoms. The third kappa shape index (κ3) is 3.81. The molecule has 1 aliphatic heterocycles. The topological polar surface area (TPSA) is 29.3 Å². The zero-order chi connectivity index (χ0) is 16.8. The van der Waals surface area contributed by atoms with Crippen LogP contribution in [0.2, 0.25) is 0 Å². The van der Waals surface area contributed by atoms with Crippen LogP contribution in [0.15, 0.2) is 54.6 Å². The van der Waals surface area contributed by atoms with Crippen molar-refractivity contribution in [2.75, 3.05) is 18.8 Å². The lowest BCUT2D eigenvalue weighted by Crippen LogP contribution is -2.42. The van der Waals surface area contributed by atoms with Crippen LogP contribution in [0, 0.1) is 0 Å². The quantitative estimate of drug-likeness (QED) is 0.759. The molecule has 2 aromatic rings. The zero-order valence-electron chi connectivity index (χ0n) is 14.9. The van der Waals surface area contributed by atoms with E-state index in [0.717, 1.165) is 25.3 Å². The lowest BCUT2D eigenvalue weighted by atomic mass is 9.69. The van der Waals surface area contributed by atoms with E-state index in [1.165, 1.54) is 43.2 Å². The number of anilines is 1. The first-order valence-electron chi connectivity index (χ1n) is 9.35. The van der Waals surface area contributed by atoms with Crippen LogP contribution in [-0.2, 0) is 12.0 Å². The number of hydrogen-bond donors (Lipinski definition) is 1. The largest absolute Gasteiger partial charge is 0.398 e. The molecule has 0 radical (unpaired) electrons. The van der Waals surface area contributed by atoms with Gasteiger partial charge in [0.05, 0.1) is 0 Å². The summed E-state index contributed by atoms with van der Waals surface area (Å²) in [4.78, 5) is 2.60. The normalized spacial score (nSPS) is 17.7. The Hall–Kier alpha value is -1.80. The van der Waals surface area contributed by atoms with Gasteiger partial charge in [0.15, 0.2) is 0 Å². The van der Waals surface area contributed by atoms with Crippen molar-refractivity contribution in [3.05, 3.63) is 65.7 Å². The molecule has 2 aromatic carbocycles. The molecule has 0 amide bonds. The van der Waals surface area contributed by atoms with E-state index >= 15 is 0 Å². The number of nitrogens with zero attached hydrogens (tertiary/aromatic N) is 1. The summed E-state index contributed by atoms with van der Waals surface area (Å²) in [7, 11) is 0. The van der Waals surface area contributed by atoms with Crippen molar-refractivity contribution in [1.29, 1.82) is 0 Å². The summed E-state index contributed by atoms with van der Waals surface area (Å²) >= 11 is 0. The smallest absolute Gasteiger partial charge is 0.0352 e. The van der Waals surface area contributed by atoms with Gasteiger partial charge in [-0.15, -0.1) is 0 Å². The predicted molar refractivity (Wildman–Crippen MR) is 103 cm³/mol.